The molecule has 2 rings (SSSR count). The molecule has 0 aliphatic rings. The summed E-state index contributed by atoms with van der Waals surface area (Å²) in [6, 6.07) is 5.48. The summed E-state index contributed by atoms with van der Waals surface area (Å²) in [4.78, 5) is 0. The first-order valence-corrected chi connectivity index (χ1v) is 3.41. The van der Waals surface area contributed by atoms with Crippen molar-refractivity contribution in [1.82, 2.24) is 15.5 Å². The van der Waals surface area contributed by atoms with E-state index in [4.69, 9.17) is 5.73 Å². The maximum atomic E-state index is 7.37. The monoisotopic (exact) mass is 146 g/mol. The molecule has 0 spiro atoms. The van der Waals surface area contributed by atoms with Crippen LogP contribution in [-0.2, 0) is 7.05 Å². The largest absolute Gasteiger partial charge is 0.301 e. The second-order valence-electron chi connectivity index (χ2n) is 2.54. The highest BCUT2D eigenvalue weighted by atomic mass is 15.2. The Labute approximate surface area is 64.4 Å². The molecule has 1 radical (unpaired) electrons. The summed E-state index contributed by atoms with van der Waals surface area (Å²) in [6.45, 7) is 0. The van der Waals surface area contributed by atoms with Gasteiger partial charge in [0.2, 0.25) is 0 Å². The van der Waals surface area contributed by atoms with Crippen LogP contribution in [0, 0.1) is 0 Å². The van der Waals surface area contributed by atoms with Gasteiger partial charge in [0.15, 0.2) is 0 Å². The van der Waals surface area contributed by atoms with E-state index in [2.05, 4.69) is 5.10 Å². The van der Waals surface area contributed by atoms with Gasteiger partial charge in [0.05, 0.1) is 17.4 Å². The lowest BCUT2D eigenvalue weighted by Crippen LogP contribution is -1.87. The predicted octanol–water partition coefficient (Wildman–Crippen LogP) is 1.49. The Morgan fingerprint density at radius 3 is 3.09 bits per heavy atom. The van der Waals surface area contributed by atoms with Crippen LogP contribution >= 0.6 is 0 Å². The minimum absolute atomic E-state index is 0.529. The molecule has 0 amide bonds. The zero-order chi connectivity index (χ0) is 7.84. The van der Waals surface area contributed by atoms with Gasteiger partial charge in [-0.3, -0.25) is 4.68 Å². The fraction of sp³-hybridized carbons (Fsp3) is 0.125. The summed E-state index contributed by atoms with van der Waals surface area (Å²) in [5.74, 6) is 0. The first-order valence-electron chi connectivity index (χ1n) is 3.41. The van der Waals surface area contributed by atoms with E-state index in [0.29, 0.717) is 5.69 Å². The molecule has 3 heteroatoms. The fourth-order valence-corrected chi connectivity index (χ4v) is 1.14. The minimum Gasteiger partial charge on any atom is -0.301 e. The van der Waals surface area contributed by atoms with Gasteiger partial charge < -0.3 is 5.73 Å². The summed E-state index contributed by atoms with van der Waals surface area (Å²) in [5, 5.41) is 5.16. The van der Waals surface area contributed by atoms with Crippen LogP contribution in [0.2, 0.25) is 0 Å². The van der Waals surface area contributed by atoms with Gasteiger partial charge >= 0.3 is 0 Å². The Balaban J connectivity index is 2.87. The minimum atomic E-state index is 0.529. The average molecular weight is 146 g/mol. The van der Waals surface area contributed by atoms with Crippen molar-refractivity contribution in [2.24, 2.45) is 7.05 Å². The molecule has 0 saturated carbocycles. The SMILES string of the molecule is Cn1ncc2ccc([NH])cc21. The molecule has 0 aliphatic heterocycles. The number of aryl methyl sites for hydroxylation is 1. The molecule has 1 N–H and O–H groups in total. The molecule has 0 atom stereocenters. The van der Waals surface area contributed by atoms with E-state index in [0.717, 1.165) is 10.9 Å². The topological polar surface area (TPSA) is 41.6 Å². The highest BCUT2D eigenvalue weighted by Gasteiger charge is 1.97. The third-order valence-corrected chi connectivity index (χ3v) is 1.75. The molecule has 0 aliphatic carbocycles. The lowest BCUT2D eigenvalue weighted by molar-refractivity contribution is 0.797. The Bertz CT molecular complexity index is 389. The second-order valence-corrected chi connectivity index (χ2v) is 2.54. The molecule has 3 nitrogen and oxygen atoms in total. The number of hydrogen-bond donors (Lipinski definition) is 0. The van der Waals surface area contributed by atoms with Crippen molar-refractivity contribution in [2.75, 3.05) is 0 Å². The quantitative estimate of drug-likeness (QED) is 0.555. The van der Waals surface area contributed by atoms with Gasteiger partial charge in [-0.25, -0.2) is 0 Å². The third-order valence-electron chi connectivity index (χ3n) is 1.75. The zero-order valence-electron chi connectivity index (χ0n) is 6.20. The summed E-state index contributed by atoms with van der Waals surface area (Å²) in [5.41, 5.74) is 8.91. The number of rotatable bonds is 0. The highest BCUT2D eigenvalue weighted by Crippen LogP contribution is 2.16. The van der Waals surface area contributed by atoms with E-state index in [-0.39, 0.29) is 0 Å². The lowest BCUT2D eigenvalue weighted by atomic mass is 10.2. The van der Waals surface area contributed by atoms with Crippen LogP contribution in [0.15, 0.2) is 24.4 Å². The Morgan fingerprint density at radius 1 is 1.45 bits per heavy atom. The Hall–Kier alpha value is -1.51. The van der Waals surface area contributed by atoms with Gasteiger partial charge in [0.1, 0.15) is 0 Å². The lowest BCUT2D eigenvalue weighted by Gasteiger charge is -1.93. The maximum absolute atomic E-state index is 7.37. The molecule has 2 aromatic rings. The number of hydrogen-bond acceptors (Lipinski definition) is 1. The van der Waals surface area contributed by atoms with Gasteiger partial charge in [0, 0.05) is 12.4 Å². The van der Waals surface area contributed by atoms with Crippen LogP contribution in [0.3, 0.4) is 0 Å². The normalized spacial score (nSPS) is 10.6. The molecule has 55 valence electrons. The van der Waals surface area contributed by atoms with Crippen LogP contribution in [0.5, 0.6) is 0 Å². The smallest absolute Gasteiger partial charge is 0.0700 e. The highest BCUT2D eigenvalue weighted by molar-refractivity contribution is 5.81. The van der Waals surface area contributed by atoms with E-state index >= 15 is 0 Å². The van der Waals surface area contributed by atoms with Gasteiger partial charge in [-0.1, -0.05) is 0 Å². The van der Waals surface area contributed by atoms with Crippen molar-refractivity contribution < 1.29 is 0 Å². The van der Waals surface area contributed by atoms with E-state index in [1.807, 2.05) is 19.2 Å². The van der Waals surface area contributed by atoms with E-state index in [1.54, 1.807) is 16.9 Å². The van der Waals surface area contributed by atoms with Crippen molar-refractivity contribution in [1.29, 1.82) is 0 Å². The molecule has 1 heterocycles. The van der Waals surface area contributed by atoms with Gasteiger partial charge in [0.25, 0.3) is 0 Å². The molecular formula is C8H8N3. The number of aromatic nitrogens is 2. The molecule has 0 bridgehead atoms. The van der Waals surface area contributed by atoms with Crippen LogP contribution < -0.4 is 5.73 Å². The van der Waals surface area contributed by atoms with Crippen LogP contribution in [-0.4, -0.2) is 9.78 Å². The van der Waals surface area contributed by atoms with Crippen molar-refractivity contribution in [3.8, 4) is 0 Å². The van der Waals surface area contributed by atoms with Crippen LogP contribution in [0.4, 0.5) is 5.69 Å². The van der Waals surface area contributed by atoms with Crippen molar-refractivity contribution >= 4 is 16.6 Å². The van der Waals surface area contributed by atoms with Crippen LogP contribution in [0.25, 0.3) is 10.9 Å². The van der Waals surface area contributed by atoms with E-state index < -0.39 is 0 Å². The molecule has 0 fully saturated rings. The maximum Gasteiger partial charge on any atom is 0.0700 e. The molecule has 1 aromatic heterocycles. The van der Waals surface area contributed by atoms with Gasteiger partial charge in [-0.15, -0.1) is 0 Å². The summed E-state index contributed by atoms with van der Waals surface area (Å²) >= 11 is 0. The molecule has 0 saturated heterocycles. The second kappa shape index (κ2) is 1.99. The van der Waals surface area contributed by atoms with E-state index in [1.165, 1.54) is 0 Å². The average Bonchev–Trinajstić information content (AvgIpc) is 2.33. The van der Waals surface area contributed by atoms with Gasteiger partial charge in [-0.05, 0) is 18.2 Å². The summed E-state index contributed by atoms with van der Waals surface area (Å²) in [7, 11) is 1.88. The van der Waals surface area contributed by atoms with E-state index in [9.17, 15) is 0 Å². The van der Waals surface area contributed by atoms with Gasteiger partial charge in [-0.2, -0.15) is 5.10 Å². The molecular weight excluding hydrogens is 138 g/mol. The van der Waals surface area contributed by atoms with Crippen molar-refractivity contribution in [3.63, 3.8) is 0 Å². The third kappa shape index (κ3) is 0.852. The fourth-order valence-electron chi connectivity index (χ4n) is 1.14. The van der Waals surface area contributed by atoms with Crippen LogP contribution in [0.1, 0.15) is 0 Å². The predicted molar refractivity (Wildman–Crippen MR) is 43.5 cm³/mol. The van der Waals surface area contributed by atoms with Crippen molar-refractivity contribution in [2.45, 2.75) is 0 Å². The molecule has 11 heavy (non-hydrogen) atoms. The first kappa shape index (κ1) is 6.22. The Kier molecular flexibility index (Phi) is 1.12. The number of nitrogens with zero attached hydrogens (tertiary/aromatic N) is 2. The number of benzene rings is 1. The number of fused-ring (bicyclic) bond motifs is 1. The molecule has 1 aromatic carbocycles. The Morgan fingerprint density at radius 2 is 2.27 bits per heavy atom. The summed E-state index contributed by atoms with van der Waals surface area (Å²) in [6.07, 6.45) is 1.80. The number of nitrogens with one attached hydrogen (secondary N) is 1. The summed E-state index contributed by atoms with van der Waals surface area (Å²) < 4.78 is 1.77. The van der Waals surface area contributed by atoms with Crippen molar-refractivity contribution in [3.05, 3.63) is 24.4 Å². The standard InChI is InChI=1S/C8H8N3/c1-11-8-4-7(9)3-2-6(8)5-10-11/h2-5,9H,1H3. The zero-order valence-corrected chi connectivity index (χ0v) is 6.20. The first-order chi connectivity index (χ1) is 5.27. The molecule has 0 unspecified atom stereocenters.